The van der Waals surface area contributed by atoms with Crippen LogP contribution in [0.5, 0.6) is 0 Å². The molecule has 0 spiro atoms. The summed E-state index contributed by atoms with van der Waals surface area (Å²) >= 11 is 6.28. The zero-order chi connectivity index (χ0) is 12.5. The van der Waals surface area contributed by atoms with E-state index in [0.717, 1.165) is 30.1 Å². The molecular formula is C14H21ClN2. The van der Waals surface area contributed by atoms with Crippen molar-refractivity contribution in [2.75, 3.05) is 24.5 Å². The van der Waals surface area contributed by atoms with E-state index in [1.54, 1.807) is 0 Å². The van der Waals surface area contributed by atoms with Gasteiger partial charge in [-0.1, -0.05) is 31.5 Å². The number of nitrogens with two attached hydrogens (primary N) is 1. The van der Waals surface area contributed by atoms with Crippen molar-refractivity contribution in [3.8, 4) is 0 Å². The number of anilines is 1. The lowest BCUT2D eigenvalue weighted by Gasteiger charge is -2.22. The Morgan fingerprint density at radius 1 is 1.41 bits per heavy atom. The Hall–Kier alpha value is -0.730. The van der Waals surface area contributed by atoms with Crippen LogP contribution in [-0.2, 0) is 6.42 Å². The second kappa shape index (κ2) is 4.87. The van der Waals surface area contributed by atoms with Gasteiger partial charge in [-0.15, -0.1) is 0 Å². The molecule has 3 heteroatoms. The molecule has 0 atom stereocenters. The maximum Gasteiger partial charge on any atom is 0.0459 e. The maximum absolute atomic E-state index is 6.28. The van der Waals surface area contributed by atoms with Crippen molar-refractivity contribution in [3.05, 3.63) is 28.8 Å². The standard InChI is InChI=1S/C14H21ClN2/c1-14(2)6-8-17(10-14)12-4-3-11(5-7-16)13(15)9-12/h3-4,9H,5-8,10,16H2,1-2H3. The van der Waals surface area contributed by atoms with Gasteiger partial charge in [-0.2, -0.15) is 0 Å². The Morgan fingerprint density at radius 3 is 2.71 bits per heavy atom. The summed E-state index contributed by atoms with van der Waals surface area (Å²) in [5.74, 6) is 0. The van der Waals surface area contributed by atoms with E-state index < -0.39 is 0 Å². The third-order valence-electron chi connectivity index (χ3n) is 3.49. The van der Waals surface area contributed by atoms with Crippen LogP contribution in [0.25, 0.3) is 0 Å². The van der Waals surface area contributed by atoms with Gasteiger partial charge in [0.1, 0.15) is 0 Å². The van der Waals surface area contributed by atoms with Gasteiger partial charge in [0.2, 0.25) is 0 Å². The van der Waals surface area contributed by atoms with Crippen LogP contribution in [-0.4, -0.2) is 19.6 Å². The summed E-state index contributed by atoms with van der Waals surface area (Å²) in [6.07, 6.45) is 2.10. The second-order valence-corrected chi connectivity index (χ2v) is 6.06. The van der Waals surface area contributed by atoms with Crippen molar-refractivity contribution in [1.29, 1.82) is 0 Å². The third kappa shape index (κ3) is 2.93. The van der Waals surface area contributed by atoms with Crippen molar-refractivity contribution >= 4 is 17.3 Å². The average molecular weight is 253 g/mol. The summed E-state index contributed by atoms with van der Waals surface area (Å²) < 4.78 is 0. The molecule has 0 aromatic heterocycles. The molecule has 0 aliphatic carbocycles. The quantitative estimate of drug-likeness (QED) is 0.896. The summed E-state index contributed by atoms with van der Waals surface area (Å²) in [5.41, 5.74) is 8.36. The maximum atomic E-state index is 6.28. The van der Waals surface area contributed by atoms with E-state index in [9.17, 15) is 0 Å². The van der Waals surface area contributed by atoms with E-state index in [2.05, 4.69) is 36.9 Å². The highest BCUT2D eigenvalue weighted by molar-refractivity contribution is 6.31. The number of benzene rings is 1. The third-order valence-corrected chi connectivity index (χ3v) is 3.84. The molecule has 0 radical (unpaired) electrons. The van der Waals surface area contributed by atoms with E-state index in [1.165, 1.54) is 12.1 Å². The van der Waals surface area contributed by atoms with Gasteiger partial charge in [0.05, 0.1) is 0 Å². The molecule has 2 nitrogen and oxygen atoms in total. The van der Waals surface area contributed by atoms with Crippen molar-refractivity contribution in [2.24, 2.45) is 11.1 Å². The predicted octanol–water partition coefficient (Wildman–Crippen LogP) is 3.08. The first-order valence-corrected chi connectivity index (χ1v) is 6.63. The summed E-state index contributed by atoms with van der Waals surface area (Å²) in [6, 6.07) is 6.35. The lowest BCUT2D eigenvalue weighted by atomic mass is 9.93. The summed E-state index contributed by atoms with van der Waals surface area (Å²) in [4.78, 5) is 2.41. The van der Waals surface area contributed by atoms with Gasteiger partial charge in [0.25, 0.3) is 0 Å². The first kappa shape index (κ1) is 12.7. The molecule has 0 unspecified atom stereocenters. The fraction of sp³-hybridized carbons (Fsp3) is 0.571. The highest BCUT2D eigenvalue weighted by Crippen LogP contribution is 2.34. The Morgan fingerprint density at radius 2 is 2.18 bits per heavy atom. The van der Waals surface area contributed by atoms with E-state index in [1.807, 2.05) is 0 Å². The van der Waals surface area contributed by atoms with Crippen molar-refractivity contribution < 1.29 is 0 Å². The first-order valence-electron chi connectivity index (χ1n) is 6.25. The van der Waals surface area contributed by atoms with Gasteiger partial charge in [-0.25, -0.2) is 0 Å². The largest absolute Gasteiger partial charge is 0.371 e. The number of halogens is 1. The van der Waals surface area contributed by atoms with Crippen LogP contribution in [0.1, 0.15) is 25.8 Å². The Balaban J connectivity index is 2.15. The average Bonchev–Trinajstić information content (AvgIpc) is 2.62. The van der Waals surface area contributed by atoms with Crippen LogP contribution >= 0.6 is 11.6 Å². The van der Waals surface area contributed by atoms with Gasteiger partial charge in [-0.3, -0.25) is 0 Å². The lowest BCUT2D eigenvalue weighted by molar-refractivity contribution is 0.418. The summed E-state index contributed by atoms with van der Waals surface area (Å²) in [5, 5.41) is 0.845. The highest BCUT2D eigenvalue weighted by Gasteiger charge is 2.29. The predicted molar refractivity (Wildman–Crippen MR) is 74.8 cm³/mol. The normalized spacial score (nSPS) is 18.7. The number of hydrogen-bond donors (Lipinski definition) is 1. The van der Waals surface area contributed by atoms with Gasteiger partial charge in [0.15, 0.2) is 0 Å². The molecule has 1 aliphatic rings. The van der Waals surface area contributed by atoms with Crippen LogP contribution in [0.3, 0.4) is 0 Å². The van der Waals surface area contributed by atoms with E-state index >= 15 is 0 Å². The lowest BCUT2D eigenvalue weighted by Crippen LogP contribution is -2.22. The molecule has 2 N–H and O–H groups in total. The molecule has 1 aromatic rings. The SMILES string of the molecule is CC1(C)CCN(c2ccc(CCN)c(Cl)c2)C1. The van der Waals surface area contributed by atoms with Gasteiger partial charge in [-0.05, 0) is 42.5 Å². The molecule has 94 valence electrons. The topological polar surface area (TPSA) is 29.3 Å². The van der Waals surface area contributed by atoms with Crippen molar-refractivity contribution in [3.63, 3.8) is 0 Å². The number of hydrogen-bond acceptors (Lipinski definition) is 2. The Labute approximate surface area is 109 Å². The molecule has 0 amide bonds. The molecular weight excluding hydrogens is 232 g/mol. The molecule has 2 rings (SSSR count). The fourth-order valence-corrected chi connectivity index (χ4v) is 2.69. The molecule has 1 saturated heterocycles. The van der Waals surface area contributed by atoms with E-state index in [-0.39, 0.29) is 0 Å². The molecule has 0 saturated carbocycles. The Kier molecular flexibility index (Phi) is 3.64. The van der Waals surface area contributed by atoms with Crippen LogP contribution in [0, 0.1) is 5.41 Å². The van der Waals surface area contributed by atoms with Crippen LogP contribution in [0.2, 0.25) is 5.02 Å². The van der Waals surface area contributed by atoms with Crippen molar-refractivity contribution in [2.45, 2.75) is 26.7 Å². The zero-order valence-corrected chi connectivity index (χ0v) is 11.4. The Bertz CT molecular complexity index is 401. The number of nitrogens with zero attached hydrogens (tertiary/aromatic N) is 1. The smallest absolute Gasteiger partial charge is 0.0459 e. The minimum atomic E-state index is 0.419. The minimum Gasteiger partial charge on any atom is -0.371 e. The monoisotopic (exact) mass is 252 g/mol. The van der Waals surface area contributed by atoms with Gasteiger partial charge >= 0.3 is 0 Å². The summed E-state index contributed by atoms with van der Waals surface area (Å²) in [7, 11) is 0. The molecule has 17 heavy (non-hydrogen) atoms. The fourth-order valence-electron chi connectivity index (χ4n) is 2.42. The second-order valence-electron chi connectivity index (χ2n) is 5.65. The molecule has 1 aliphatic heterocycles. The first-order chi connectivity index (χ1) is 8.02. The van der Waals surface area contributed by atoms with Crippen LogP contribution in [0.15, 0.2) is 18.2 Å². The van der Waals surface area contributed by atoms with Gasteiger partial charge in [0, 0.05) is 23.8 Å². The summed E-state index contributed by atoms with van der Waals surface area (Å²) in [6.45, 7) is 7.52. The zero-order valence-electron chi connectivity index (χ0n) is 10.7. The number of rotatable bonds is 3. The van der Waals surface area contributed by atoms with Crippen LogP contribution in [0.4, 0.5) is 5.69 Å². The molecule has 1 aromatic carbocycles. The van der Waals surface area contributed by atoms with E-state index in [0.29, 0.717) is 12.0 Å². The van der Waals surface area contributed by atoms with E-state index in [4.69, 9.17) is 17.3 Å². The molecule has 1 heterocycles. The van der Waals surface area contributed by atoms with Crippen LogP contribution < -0.4 is 10.6 Å². The van der Waals surface area contributed by atoms with Crippen molar-refractivity contribution in [1.82, 2.24) is 0 Å². The molecule has 1 fully saturated rings. The van der Waals surface area contributed by atoms with Gasteiger partial charge < -0.3 is 10.6 Å². The minimum absolute atomic E-state index is 0.419. The highest BCUT2D eigenvalue weighted by atomic mass is 35.5. The molecule has 0 bridgehead atoms.